The molecule has 3 aliphatic rings. The van der Waals surface area contributed by atoms with E-state index in [1.165, 1.54) is 17.0 Å². The number of rotatable bonds is 2. The van der Waals surface area contributed by atoms with Gasteiger partial charge in [0.2, 0.25) is 0 Å². The first kappa shape index (κ1) is 21.6. The maximum absolute atomic E-state index is 14.0. The Balaban J connectivity index is 1.40. The maximum atomic E-state index is 14.0. The van der Waals surface area contributed by atoms with Crippen LogP contribution in [0.3, 0.4) is 0 Å². The first-order valence-corrected chi connectivity index (χ1v) is 10.3. The summed E-state index contributed by atoms with van der Waals surface area (Å²) in [6, 6.07) is 4.69. The molecule has 1 N–H and O–H groups in total. The fourth-order valence-corrected chi connectivity index (χ4v) is 5.06. The average molecular weight is 482 g/mol. The summed E-state index contributed by atoms with van der Waals surface area (Å²) in [7, 11) is 0. The first-order valence-electron chi connectivity index (χ1n) is 9.93. The van der Waals surface area contributed by atoms with Crippen LogP contribution in [0.5, 0.6) is 0 Å². The molecule has 0 aliphatic carbocycles. The first-order chi connectivity index (χ1) is 15.6. The van der Waals surface area contributed by atoms with Crippen molar-refractivity contribution < 1.29 is 31.5 Å². The molecule has 172 valence electrons. The van der Waals surface area contributed by atoms with E-state index in [2.05, 4.69) is 5.32 Å². The fourth-order valence-electron chi connectivity index (χ4n) is 4.75. The van der Waals surface area contributed by atoms with Crippen molar-refractivity contribution in [2.24, 2.45) is 0 Å². The zero-order valence-electron chi connectivity index (χ0n) is 16.6. The molecule has 2 aromatic rings. The van der Waals surface area contributed by atoms with E-state index in [1.54, 1.807) is 4.90 Å². The number of likely N-dealkylation sites (tertiary alicyclic amines) is 1. The standard InChI is InChI=1S/C21H15F5N4O2S/c22-13-5-2-6-14(23)16(13)27-19(33)28-9-12-8-15(28)17-18(31)30(20(32)29(12)17)11-4-1-3-10(7-11)21(24,25)26/h1-7,12,15,17H,8-9H2,(H,27,33)/t12-,15-,17-/m0/s1. The lowest BCUT2D eigenvalue weighted by Crippen LogP contribution is -2.55. The number of para-hydroxylation sites is 1. The summed E-state index contributed by atoms with van der Waals surface area (Å²) < 4.78 is 67.3. The Hall–Kier alpha value is -3.28. The van der Waals surface area contributed by atoms with Crippen molar-refractivity contribution in [3.8, 4) is 0 Å². The van der Waals surface area contributed by atoms with Crippen molar-refractivity contribution in [2.45, 2.75) is 30.7 Å². The Morgan fingerprint density at radius 1 is 1.06 bits per heavy atom. The Morgan fingerprint density at radius 2 is 1.73 bits per heavy atom. The number of urea groups is 1. The predicted octanol–water partition coefficient (Wildman–Crippen LogP) is 3.97. The molecule has 5 rings (SSSR count). The van der Waals surface area contributed by atoms with Gasteiger partial charge in [-0.25, -0.2) is 18.5 Å². The van der Waals surface area contributed by atoms with Crippen LogP contribution in [0.2, 0.25) is 0 Å². The number of nitrogens with one attached hydrogen (secondary N) is 1. The number of alkyl halides is 3. The van der Waals surface area contributed by atoms with E-state index in [9.17, 15) is 31.5 Å². The maximum Gasteiger partial charge on any atom is 0.416 e. The van der Waals surface area contributed by atoms with E-state index in [1.807, 2.05) is 0 Å². The van der Waals surface area contributed by atoms with Crippen molar-refractivity contribution in [1.29, 1.82) is 0 Å². The molecule has 3 heterocycles. The van der Waals surface area contributed by atoms with Crippen molar-refractivity contribution in [3.63, 3.8) is 0 Å². The second-order valence-corrected chi connectivity index (χ2v) is 8.38. The van der Waals surface area contributed by atoms with Crippen molar-refractivity contribution in [2.75, 3.05) is 16.8 Å². The van der Waals surface area contributed by atoms with E-state index < -0.39 is 59.1 Å². The minimum Gasteiger partial charge on any atom is -0.341 e. The number of hydrogen-bond acceptors (Lipinski definition) is 3. The normalized spacial score (nSPS) is 24.0. The van der Waals surface area contributed by atoms with Crippen LogP contribution >= 0.6 is 12.2 Å². The molecule has 6 nitrogen and oxygen atoms in total. The lowest BCUT2D eigenvalue weighted by molar-refractivity contribution is -0.137. The number of halogens is 5. The zero-order valence-corrected chi connectivity index (χ0v) is 17.5. The number of carbonyl (C=O) groups excluding carboxylic acids is 2. The summed E-state index contributed by atoms with van der Waals surface area (Å²) in [6.07, 6.45) is -4.23. The second kappa shape index (κ2) is 7.37. The number of imide groups is 1. The van der Waals surface area contributed by atoms with Gasteiger partial charge >= 0.3 is 12.2 Å². The molecule has 0 aromatic heterocycles. The van der Waals surface area contributed by atoms with Gasteiger partial charge in [0.05, 0.1) is 23.3 Å². The van der Waals surface area contributed by atoms with E-state index in [-0.39, 0.29) is 17.3 Å². The number of thiocarbonyl (C=S) groups is 1. The van der Waals surface area contributed by atoms with Gasteiger partial charge in [0.25, 0.3) is 5.91 Å². The number of hydrogen-bond donors (Lipinski definition) is 1. The van der Waals surface area contributed by atoms with Gasteiger partial charge in [-0.1, -0.05) is 12.1 Å². The molecule has 3 fully saturated rings. The number of amides is 3. The van der Waals surface area contributed by atoms with Gasteiger partial charge in [-0.3, -0.25) is 4.79 Å². The van der Waals surface area contributed by atoms with Crippen LogP contribution in [0, 0.1) is 11.6 Å². The Morgan fingerprint density at radius 3 is 2.39 bits per heavy atom. The number of anilines is 2. The van der Waals surface area contributed by atoms with Crippen molar-refractivity contribution in [1.82, 2.24) is 9.80 Å². The van der Waals surface area contributed by atoms with Gasteiger partial charge in [0.15, 0.2) is 5.11 Å². The molecule has 12 heteroatoms. The molecule has 0 spiro atoms. The third kappa shape index (κ3) is 3.31. The third-order valence-electron chi connectivity index (χ3n) is 6.15. The van der Waals surface area contributed by atoms with Crippen LogP contribution < -0.4 is 10.2 Å². The molecule has 0 saturated carbocycles. The van der Waals surface area contributed by atoms with Crippen LogP contribution in [0.25, 0.3) is 0 Å². The highest BCUT2D eigenvalue weighted by Gasteiger charge is 2.62. The summed E-state index contributed by atoms with van der Waals surface area (Å²) >= 11 is 5.32. The highest BCUT2D eigenvalue weighted by Crippen LogP contribution is 2.43. The van der Waals surface area contributed by atoms with Crippen molar-refractivity contribution in [3.05, 3.63) is 59.7 Å². The Labute approximate surface area is 189 Å². The number of piperazine rings is 1. The summed E-state index contributed by atoms with van der Waals surface area (Å²) in [5.41, 5.74) is -1.58. The highest BCUT2D eigenvalue weighted by molar-refractivity contribution is 7.80. The predicted molar refractivity (Wildman–Crippen MR) is 111 cm³/mol. The SMILES string of the molecule is O=C1[C@@H]2[C@@H]3C[C@@H](CN3C(=S)Nc3c(F)cccc3F)N2C(=O)N1c1cccc(C(F)(F)F)c1. The average Bonchev–Trinajstić information content (AvgIpc) is 3.41. The quantitative estimate of drug-likeness (QED) is 0.399. The molecule has 0 unspecified atom stereocenters. The molecule has 3 saturated heterocycles. The smallest absolute Gasteiger partial charge is 0.341 e. The lowest BCUT2D eigenvalue weighted by atomic mass is 10.1. The molecule has 3 aliphatic heterocycles. The van der Waals surface area contributed by atoms with E-state index in [0.717, 1.165) is 35.2 Å². The van der Waals surface area contributed by atoms with E-state index in [0.29, 0.717) is 6.42 Å². The van der Waals surface area contributed by atoms with Gasteiger partial charge in [0, 0.05) is 6.54 Å². The minimum absolute atomic E-state index is 0.0103. The summed E-state index contributed by atoms with van der Waals surface area (Å²) in [5, 5.41) is 2.52. The molecule has 3 amide bonds. The van der Waals surface area contributed by atoms with Crippen molar-refractivity contribution >= 4 is 40.6 Å². The largest absolute Gasteiger partial charge is 0.416 e. The number of benzene rings is 2. The summed E-state index contributed by atoms with van der Waals surface area (Å²) in [5.74, 6) is -2.35. The van der Waals surface area contributed by atoms with Gasteiger partial charge in [-0.05, 0) is 49.0 Å². The minimum atomic E-state index is -4.63. The molecule has 2 bridgehead atoms. The third-order valence-corrected chi connectivity index (χ3v) is 6.49. The molecular weight excluding hydrogens is 467 g/mol. The van der Waals surface area contributed by atoms with Crippen LogP contribution in [-0.4, -0.2) is 51.5 Å². The molecule has 3 atom stereocenters. The summed E-state index contributed by atoms with van der Waals surface area (Å²) in [6.45, 7) is 0.221. The Kier molecular flexibility index (Phi) is 4.82. The second-order valence-electron chi connectivity index (χ2n) is 7.99. The van der Waals surface area contributed by atoms with Crippen LogP contribution in [0.4, 0.5) is 38.1 Å². The van der Waals surface area contributed by atoms with E-state index >= 15 is 0 Å². The van der Waals surface area contributed by atoms with Gasteiger partial charge in [0.1, 0.15) is 23.4 Å². The topological polar surface area (TPSA) is 55.9 Å². The number of fused-ring (bicyclic) bond motifs is 5. The molecule has 2 aromatic carbocycles. The Bertz CT molecular complexity index is 1170. The summed E-state index contributed by atoms with van der Waals surface area (Å²) in [4.78, 5) is 29.8. The van der Waals surface area contributed by atoms with Gasteiger partial charge in [-0.2, -0.15) is 13.2 Å². The van der Waals surface area contributed by atoms with Gasteiger partial charge in [-0.15, -0.1) is 0 Å². The van der Waals surface area contributed by atoms with Gasteiger partial charge < -0.3 is 15.1 Å². The molecular formula is C21H15F5N4O2S. The van der Waals surface area contributed by atoms with Crippen LogP contribution in [0.15, 0.2) is 42.5 Å². The lowest BCUT2D eigenvalue weighted by Gasteiger charge is -2.36. The number of carbonyl (C=O) groups is 2. The van der Waals surface area contributed by atoms with Crippen LogP contribution in [0.1, 0.15) is 12.0 Å². The molecule has 0 radical (unpaired) electrons. The fraction of sp³-hybridized carbons (Fsp3) is 0.286. The van der Waals surface area contributed by atoms with E-state index in [4.69, 9.17) is 12.2 Å². The van der Waals surface area contributed by atoms with Crippen LogP contribution in [-0.2, 0) is 11.0 Å². The molecule has 33 heavy (non-hydrogen) atoms. The number of nitrogens with zero attached hydrogens (tertiary/aromatic N) is 3. The monoisotopic (exact) mass is 482 g/mol. The highest BCUT2D eigenvalue weighted by atomic mass is 32.1. The zero-order chi connectivity index (χ0) is 23.7.